The lowest BCUT2D eigenvalue weighted by molar-refractivity contribution is -0.122. The van der Waals surface area contributed by atoms with Crippen LogP contribution >= 0.6 is 0 Å². The number of carbonyl (C=O) groups is 1. The first-order valence-corrected chi connectivity index (χ1v) is 7.84. The Labute approximate surface area is 130 Å². The molecule has 1 saturated heterocycles. The molecule has 5 nitrogen and oxygen atoms in total. The molecule has 1 fully saturated rings. The fourth-order valence-electron chi connectivity index (χ4n) is 2.97. The zero-order valence-corrected chi connectivity index (χ0v) is 13.0. The number of rotatable bonds is 2. The summed E-state index contributed by atoms with van der Waals surface area (Å²) in [5.74, 6) is 0.105. The Balaban J connectivity index is 1.75. The minimum Gasteiger partial charge on any atom is -0.378 e. The van der Waals surface area contributed by atoms with Gasteiger partial charge in [-0.2, -0.15) is 0 Å². The smallest absolute Gasteiger partial charge is 0.221 e. The summed E-state index contributed by atoms with van der Waals surface area (Å²) in [5, 5.41) is 4.16. The third-order valence-electron chi connectivity index (χ3n) is 4.15. The molecule has 1 N–H and O–H groups in total. The fourth-order valence-corrected chi connectivity index (χ4v) is 2.97. The lowest BCUT2D eigenvalue weighted by Crippen LogP contribution is -2.36. The Bertz CT molecular complexity index is 650. The molecule has 0 bridgehead atoms. The van der Waals surface area contributed by atoms with Gasteiger partial charge in [-0.15, -0.1) is 0 Å². The van der Waals surface area contributed by atoms with E-state index in [-0.39, 0.29) is 5.91 Å². The predicted octanol–water partition coefficient (Wildman–Crippen LogP) is 1.52. The highest BCUT2D eigenvalue weighted by molar-refractivity contribution is 5.83. The highest BCUT2D eigenvalue weighted by Crippen LogP contribution is 2.21. The Morgan fingerprint density at radius 2 is 2.09 bits per heavy atom. The number of nitrogens with one attached hydrogen (secondary N) is 1. The number of hydrogen-bond donors (Lipinski definition) is 1. The summed E-state index contributed by atoms with van der Waals surface area (Å²) < 4.78 is 7.72. The second-order valence-electron chi connectivity index (χ2n) is 5.77. The number of aryl methyl sites for hydroxylation is 1. The van der Waals surface area contributed by atoms with Crippen LogP contribution in [0.3, 0.4) is 0 Å². The van der Waals surface area contributed by atoms with Crippen molar-refractivity contribution in [3.05, 3.63) is 36.0 Å². The van der Waals surface area contributed by atoms with Crippen LogP contribution in [0.25, 0.3) is 10.9 Å². The maximum Gasteiger partial charge on any atom is 0.221 e. The van der Waals surface area contributed by atoms with Gasteiger partial charge in [0.15, 0.2) is 0 Å². The maximum absolute atomic E-state index is 11.7. The topological polar surface area (TPSA) is 46.5 Å². The van der Waals surface area contributed by atoms with Gasteiger partial charge in [0.05, 0.1) is 13.2 Å². The normalized spacial score (nSPS) is 18.3. The van der Waals surface area contributed by atoms with Crippen molar-refractivity contribution in [2.75, 3.05) is 32.8 Å². The minimum absolute atomic E-state index is 0.105. The fraction of sp³-hybridized carbons (Fsp3) is 0.471. The number of carbonyl (C=O) groups excluding carboxylic acids is 1. The summed E-state index contributed by atoms with van der Waals surface area (Å²) in [6, 6.07) is 8.44. The summed E-state index contributed by atoms with van der Waals surface area (Å²) in [5.41, 5.74) is 2.54. The SMILES string of the molecule is Cn1cc(CN2CCOCCNC(=O)CC2)c2ccccc21. The lowest BCUT2D eigenvalue weighted by atomic mass is 10.1. The van der Waals surface area contributed by atoms with Gasteiger partial charge in [0.2, 0.25) is 5.91 Å². The van der Waals surface area contributed by atoms with Gasteiger partial charge >= 0.3 is 0 Å². The molecule has 0 saturated carbocycles. The van der Waals surface area contributed by atoms with E-state index >= 15 is 0 Å². The number of benzene rings is 1. The molecule has 0 spiro atoms. The standard InChI is InChI=1S/C17H23N3O2/c1-19-12-14(15-4-2-3-5-16(15)19)13-20-8-6-17(21)18-7-10-22-11-9-20/h2-5,12H,6-11,13H2,1H3,(H,18,21). The molecule has 1 amide bonds. The molecule has 3 rings (SSSR count). The molecule has 5 heteroatoms. The first-order chi connectivity index (χ1) is 10.7. The van der Waals surface area contributed by atoms with Crippen LogP contribution in [-0.4, -0.2) is 48.2 Å². The highest BCUT2D eigenvalue weighted by Gasteiger charge is 2.14. The van der Waals surface area contributed by atoms with E-state index in [0.717, 1.165) is 19.6 Å². The van der Waals surface area contributed by atoms with Crippen molar-refractivity contribution in [2.45, 2.75) is 13.0 Å². The number of hydrogen-bond acceptors (Lipinski definition) is 3. The minimum atomic E-state index is 0.105. The van der Waals surface area contributed by atoms with Crippen LogP contribution in [0.4, 0.5) is 0 Å². The Morgan fingerprint density at radius 1 is 1.23 bits per heavy atom. The van der Waals surface area contributed by atoms with E-state index in [1.54, 1.807) is 0 Å². The number of amides is 1. The molecule has 0 radical (unpaired) electrons. The Hall–Kier alpha value is -1.85. The Kier molecular flexibility index (Phi) is 4.75. The molecule has 1 aromatic carbocycles. The molecular formula is C17H23N3O2. The van der Waals surface area contributed by atoms with Crippen LogP contribution < -0.4 is 5.32 Å². The third-order valence-corrected chi connectivity index (χ3v) is 4.15. The summed E-state index contributed by atoms with van der Waals surface area (Å²) in [7, 11) is 2.07. The number of para-hydroxylation sites is 1. The van der Waals surface area contributed by atoms with Crippen molar-refractivity contribution in [3.8, 4) is 0 Å². The van der Waals surface area contributed by atoms with Crippen LogP contribution in [-0.2, 0) is 23.1 Å². The molecule has 22 heavy (non-hydrogen) atoms. The Morgan fingerprint density at radius 3 is 3.00 bits per heavy atom. The van der Waals surface area contributed by atoms with Gasteiger partial charge in [-0.25, -0.2) is 0 Å². The first-order valence-electron chi connectivity index (χ1n) is 7.84. The second-order valence-corrected chi connectivity index (χ2v) is 5.77. The van der Waals surface area contributed by atoms with Crippen LogP contribution in [0.2, 0.25) is 0 Å². The summed E-state index contributed by atoms with van der Waals surface area (Å²) >= 11 is 0. The summed E-state index contributed by atoms with van der Waals surface area (Å²) in [6.45, 7) is 4.38. The van der Waals surface area contributed by atoms with E-state index in [1.165, 1.54) is 16.5 Å². The van der Waals surface area contributed by atoms with Crippen LogP contribution in [0, 0.1) is 0 Å². The number of ether oxygens (including phenoxy) is 1. The molecule has 1 aromatic heterocycles. The molecule has 2 aromatic rings. The molecular weight excluding hydrogens is 278 g/mol. The number of fused-ring (bicyclic) bond motifs is 1. The van der Waals surface area contributed by atoms with E-state index < -0.39 is 0 Å². The largest absolute Gasteiger partial charge is 0.378 e. The monoisotopic (exact) mass is 301 g/mol. The highest BCUT2D eigenvalue weighted by atomic mass is 16.5. The first kappa shape index (κ1) is 15.1. The average molecular weight is 301 g/mol. The molecule has 2 heterocycles. The molecule has 0 atom stereocenters. The van der Waals surface area contributed by atoms with Crippen LogP contribution in [0.15, 0.2) is 30.5 Å². The van der Waals surface area contributed by atoms with Crippen molar-refractivity contribution in [2.24, 2.45) is 7.05 Å². The van der Waals surface area contributed by atoms with Crippen molar-refractivity contribution in [1.29, 1.82) is 0 Å². The van der Waals surface area contributed by atoms with Crippen molar-refractivity contribution in [3.63, 3.8) is 0 Å². The summed E-state index contributed by atoms with van der Waals surface area (Å²) in [6.07, 6.45) is 2.73. The zero-order chi connectivity index (χ0) is 15.4. The molecule has 118 valence electrons. The van der Waals surface area contributed by atoms with E-state index in [0.29, 0.717) is 26.2 Å². The summed E-state index contributed by atoms with van der Waals surface area (Å²) in [4.78, 5) is 14.0. The van der Waals surface area contributed by atoms with Gasteiger partial charge in [-0.3, -0.25) is 9.69 Å². The lowest BCUT2D eigenvalue weighted by Gasteiger charge is -2.23. The van der Waals surface area contributed by atoms with E-state index in [2.05, 4.69) is 52.3 Å². The van der Waals surface area contributed by atoms with E-state index in [1.807, 2.05) is 0 Å². The van der Waals surface area contributed by atoms with Gasteiger partial charge < -0.3 is 14.6 Å². The van der Waals surface area contributed by atoms with Gasteiger partial charge in [-0.05, 0) is 11.6 Å². The third kappa shape index (κ3) is 3.48. The van der Waals surface area contributed by atoms with Gasteiger partial charge in [0.1, 0.15) is 0 Å². The quantitative estimate of drug-likeness (QED) is 0.915. The van der Waals surface area contributed by atoms with Crippen molar-refractivity contribution in [1.82, 2.24) is 14.8 Å². The molecule has 0 unspecified atom stereocenters. The van der Waals surface area contributed by atoms with Crippen LogP contribution in [0.1, 0.15) is 12.0 Å². The van der Waals surface area contributed by atoms with Gasteiger partial charge in [0, 0.05) is 56.7 Å². The van der Waals surface area contributed by atoms with E-state index in [4.69, 9.17) is 4.74 Å². The maximum atomic E-state index is 11.7. The molecule has 1 aliphatic heterocycles. The molecule has 1 aliphatic rings. The average Bonchev–Trinajstić information content (AvgIpc) is 2.85. The van der Waals surface area contributed by atoms with Crippen LogP contribution in [0.5, 0.6) is 0 Å². The van der Waals surface area contributed by atoms with Gasteiger partial charge in [-0.1, -0.05) is 18.2 Å². The predicted molar refractivity (Wildman–Crippen MR) is 86.6 cm³/mol. The van der Waals surface area contributed by atoms with Crippen molar-refractivity contribution < 1.29 is 9.53 Å². The number of aromatic nitrogens is 1. The molecule has 0 aliphatic carbocycles. The number of nitrogens with zero attached hydrogens (tertiary/aromatic N) is 2. The van der Waals surface area contributed by atoms with Crippen molar-refractivity contribution >= 4 is 16.8 Å². The second kappa shape index (κ2) is 6.94. The van der Waals surface area contributed by atoms with Gasteiger partial charge in [0.25, 0.3) is 0 Å². The van der Waals surface area contributed by atoms with E-state index in [9.17, 15) is 4.79 Å². The zero-order valence-electron chi connectivity index (χ0n) is 13.0.